The molecule has 1 saturated carbocycles. The first kappa shape index (κ1) is 16.2. The van der Waals surface area contributed by atoms with Crippen molar-refractivity contribution in [2.75, 3.05) is 10.6 Å². The minimum Gasteiger partial charge on any atom is -0.338 e. The fraction of sp³-hybridized carbons (Fsp3) is 0.389. The van der Waals surface area contributed by atoms with Crippen molar-refractivity contribution in [2.24, 2.45) is 0 Å². The second-order valence-corrected chi connectivity index (χ2v) is 7.10. The zero-order valence-corrected chi connectivity index (χ0v) is 14.3. The van der Waals surface area contributed by atoms with E-state index in [9.17, 15) is 4.79 Å². The van der Waals surface area contributed by atoms with Crippen LogP contribution >= 0.6 is 0 Å². The van der Waals surface area contributed by atoms with Crippen LogP contribution in [0.4, 0.5) is 22.1 Å². The van der Waals surface area contributed by atoms with Gasteiger partial charge in [0.2, 0.25) is 0 Å². The molecular weight excluding hydrogens is 302 g/mol. The first-order valence-corrected chi connectivity index (χ1v) is 8.19. The Labute approximate surface area is 142 Å². The van der Waals surface area contributed by atoms with Gasteiger partial charge in [-0.05, 0) is 42.0 Å². The highest BCUT2D eigenvalue weighted by atomic mass is 16.2. The third-order valence-corrected chi connectivity index (χ3v) is 3.82. The van der Waals surface area contributed by atoms with Crippen LogP contribution in [-0.4, -0.2) is 22.3 Å². The molecule has 1 aliphatic rings. The summed E-state index contributed by atoms with van der Waals surface area (Å²) in [6.45, 7) is 6.51. The van der Waals surface area contributed by atoms with Crippen molar-refractivity contribution in [3.63, 3.8) is 0 Å². The summed E-state index contributed by atoms with van der Waals surface area (Å²) in [5.41, 5.74) is 2.24. The quantitative estimate of drug-likeness (QED) is 0.799. The summed E-state index contributed by atoms with van der Waals surface area (Å²) in [6.07, 6.45) is 2.10. The molecule has 1 heterocycles. The highest BCUT2D eigenvalue weighted by molar-refractivity contribution is 5.88. The second kappa shape index (κ2) is 6.47. The van der Waals surface area contributed by atoms with Crippen molar-refractivity contribution >= 4 is 23.4 Å². The Morgan fingerprint density at radius 3 is 2.33 bits per heavy atom. The number of anilines is 3. The molecule has 0 unspecified atom stereocenters. The highest BCUT2D eigenvalue weighted by Crippen LogP contribution is 2.30. The van der Waals surface area contributed by atoms with Crippen molar-refractivity contribution in [2.45, 2.75) is 45.1 Å². The Morgan fingerprint density at radius 1 is 1.04 bits per heavy atom. The lowest BCUT2D eigenvalue weighted by molar-refractivity contribution is 0.251. The maximum absolute atomic E-state index is 11.7. The van der Waals surface area contributed by atoms with E-state index >= 15 is 0 Å². The fourth-order valence-electron chi connectivity index (χ4n) is 2.42. The topological polar surface area (TPSA) is 78.9 Å². The molecule has 3 rings (SSSR count). The molecule has 0 spiro atoms. The molecule has 1 aromatic heterocycles. The lowest BCUT2D eigenvalue weighted by Crippen LogP contribution is -2.30. The third kappa shape index (κ3) is 4.22. The fourth-order valence-corrected chi connectivity index (χ4v) is 2.42. The van der Waals surface area contributed by atoms with Gasteiger partial charge in [-0.2, -0.15) is 0 Å². The average molecular weight is 325 g/mol. The lowest BCUT2D eigenvalue weighted by Gasteiger charge is -2.23. The predicted octanol–water partition coefficient (Wildman–Crippen LogP) is 3.80. The van der Waals surface area contributed by atoms with Crippen LogP contribution in [-0.2, 0) is 5.41 Å². The maximum Gasteiger partial charge on any atom is 0.320 e. The van der Waals surface area contributed by atoms with Crippen molar-refractivity contribution in [1.82, 2.24) is 15.5 Å². The molecule has 1 fully saturated rings. The number of urea groups is 1. The molecule has 2 amide bonds. The number of para-hydroxylation sites is 1. The van der Waals surface area contributed by atoms with Crippen LogP contribution in [0, 0.1) is 0 Å². The van der Waals surface area contributed by atoms with Crippen LogP contribution in [0.3, 0.4) is 0 Å². The summed E-state index contributed by atoms with van der Waals surface area (Å²) in [7, 11) is 0. The first-order chi connectivity index (χ1) is 11.4. The standard InChI is InChI=1S/C18H23N5O/c1-18(2,3)13-6-4-5-7-14(13)20-15-10-11-16(23-22-15)21-17(24)19-12-8-9-12/h4-7,10-12H,8-9H2,1-3H3,(H,20,22)(H2,19,21,23,24). The number of rotatable bonds is 4. The molecule has 3 N–H and O–H groups in total. The minimum absolute atomic E-state index is 0.0272. The van der Waals surface area contributed by atoms with E-state index in [1.54, 1.807) is 12.1 Å². The van der Waals surface area contributed by atoms with Crippen molar-refractivity contribution < 1.29 is 4.79 Å². The van der Waals surface area contributed by atoms with Gasteiger partial charge >= 0.3 is 6.03 Å². The summed E-state index contributed by atoms with van der Waals surface area (Å²) in [5.74, 6) is 1.07. The Balaban J connectivity index is 1.67. The van der Waals surface area contributed by atoms with Gasteiger partial charge in [-0.15, -0.1) is 10.2 Å². The molecule has 0 bridgehead atoms. The minimum atomic E-state index is -0.231. The van der Waals surface area contributed by atoms with E-state index in [4.69, 9.17) is 0 Å². The molecule has 126 valence electrons. The van der Waals surface area contributed by atoms with Gasteiger partial charge in [-0.1, -0.05) is 39.0 Å². The molecule has 6 nitrogen and oxygen atoms in total. The Kier molecular flexibility index (Phi) is 4.38. The Hall–Kier alpha value is -2.63. The van der Waals surface area contributed by atoms with Gasteiger partial charge in [0, 0.05) is 11.7 Å². The molecule has 0 atom stereocenters. The predicted molar refractivity (Wildman–Crippen MR) is 95.6 cm³/mol. The molecule has 2 aromatic rings. The SMILES string of the molecule is CC(C)(C)c1ccccc1Nc1ccc(NC(=O)NC2CC2)nn1. The second-order valence-electron chi connectivity index (χ2n) is 7.10. The lowest BCUT2D eigenvalue weighted by atomic mass is 9.86. The van der Waals surface area contributed by atoms with Crippen LogP contribution in [0.25, 0.3) is 0 Å². The van der Waals surface area contributed by atoms with Gasteiger partial charge < -0.3 is 10.6 Å². The van der Waals surface area contributed by atoms with Crippen molar-refractivity contribution in [1.29, 1.82) is 0 Å². The smallest absolute Gasteiger partial charge is 0.320 e. The Morgan fingerprint density at radius 2 is 1.71 bits per heavy atom. The molecule has 0 saturated heterocycles. The molecule has 1 aliphatic carbocycles. The summed E-state index contributed by atoms with van der Waals surface area (Å²) in [6, 6.07) is 11.8. The first-order valence-electron chi connectivity index (χ1n) is 8.19. The molecule has 6 heteroatoms. The maximum atomic E-state index is 11.7. The number of aromatic nitrogens is 2. The van der Waals surface area contributed by atoms with E-state index in [0.717, 1.165) is 18.5 Å². The molecule has 1 aromatic carbocycles. The van der Waals surface area contributed by atoms with E-state index in [0.29, 0.717) is 17.7 Å². The number of benzene rings is 1. The number of carbonyl (C=O) groups is 1. The van der Waals surface area contributed by atoms with Gasteiger partial charge in [0.15, 0.2) is 11.6 Å². The van der Waals surface area contributed by atoms with E-state index < -0.39 is 0 Å². The van der Waals surface area contributed by atoms with E-state index in [1.807, 2.05) is 18.2 Å². The molecule has 24 heavy (non-hydrogen) atoms. The van der Waals surface area contributed by atoms with Gasteiger partial charge in [0.1, 0.15) is 0 Å². The normalized spacial score (nSPS) is 14.1. The summed E-state index contributed by atoms with van der Waals surface area (Å²) in [4.78, 5) is 11.7. The van der Waals surface area contributed by atoms with Crippen LogP contribution < -0.4 is 16.0 Å². The number of nitrogens with zero attached hydrogens (tertiary/aromatic N) is 2. The van der Waals surface area contributed by atoms with E-state index in [2.05, 4.69) is 53.0 Å². The van der Waals surface area contributed by atoms with Gasteiger partial charge in [-0.25, -0.2) is 4.79 Å². The monoisotopic (exact) mass is 325 g/mol. The van der Waals surface area contributed by atoms with Crippen molar-refractivity contribution in [3.8, 4) is 0 Å². The van der Waals surface area contributed by atoms with Crippen molar-refractivity contribution in [3.05, 3.63) is 42.0 Å². The van der Waals surface area contributed by atoms with Crippen LogP contribution in [0.1, 0.15) is 39.2 Å². The number of hydrogen-bond acceptors (Lipinski definition) is 4. The van der Waals surface area contributed by atoms with Gasteiger partial charge in [0.05, 0.1) is 0 Å². The van der Waals surface area contributed by atoms with E-state index in [-0.39, 0.29) is 11.4 Å². The average Bonchev–Trinajstić information content (AvgIpc) is 3.32. The summed E-state index contributed by atoms with van der Waals surface area (Å²) >= 11 is 0. The number of carbonyl (C=O) groups excluding carboxylic acids is 1. The number of amides is 2. The van der Waals surface area contributed by atoms with E-state index in [1.165, 1.54) is 5.56 Å². The summed E-state index contributed by atoms with van der Waals surface area (Å²) in [5, 5.41) is 17.0. The Bertz CT molecular complexity index is 717. The molecular formula is C18H23N5O. The van der Waals surface area contributed by atoms with Crippen LogP contribution in [0.2, 0.25) is 0 Å². The largest absolute Gasteiger partial charge is 0.338 e. The number of hydrogen-bond donors (Lipinski definition) is 3. The zero-order chi connectivity index (χ0) is 17.2. The third-order valence-electron chi connectivity index (χ3n) is 3.82. The number of nitrogens with one attached hydrogen (secondary N) is 3. The summed E-state index contributed by atoms with van der Waals surface area (Å²) < 4.78 is 0. The van der Waals surface area contributed by atoms with Gasteiger partial charge in [0.25, 0.3) is 0 Å². The van der Waals surface area contributed by atoms with Crippen LogP contribution in [0.15, 0.2) is 36.4 Å². The molecule has 0 aliphatic heterocycles. The van der Waals surface area contributed by atoms with Crippen LogP contribution in [0.5, 0.6) is 0 Å². The van der Waals surface area contributed by atoms with Gasteiger partial charge in [-0.3, -0.25) is 5.32 Å². The molecule has 0 radical (unpaired) electrons. The highest BCUT2D eigenvalue weighted by Gasteiger charge is 2.23. The zero-order valence-electron chi connectivity index (χ0n) is 14.3.